The first-order chi connectivity index (χ1) is 15.5. The molecule has 0 atom stereocenters. The number of ether oxygens (including phenoxy) is 2. The van der Waals surface area contributed by atoms with E-state index in [0.717, 1.165) is 21.2 Å². The second-order valence-corrected chi connectivity index (χ2v) is 8.21. The lowest BCUT2D eigenvalue weighted by Crippen LogP contribution is -2.31. The van der Waals surface area contributed by atoms with Crippen molar-refractivity contribution in [2.45, 2.75) is 33.3 Å². The van der Waals surface area contributed by atoms with Crippen molar-refractivity contribution in [2.24, 2.45) is 0 Å². The second-order valence-electron chi connectivity index (χ2n) is 7.29. The molecule has 0 aliphatic carbocycles. The number of rotatable bonds is 10. The molecular formula is C25H27BrN2O4. The third kappa shape index (κ3) is 5.59. The van der Waals surface area contributed by atoms with Gasteiger partial charge in [0, 0.05) is 16.6 Å². The zero-order chi connectivity index (χ0) is 23.1. The molecule has 2 aromatic carbocycles. The van der Waals surface area contributed by atoms with Crippen molar-refractivity contribution < 1.29 is 19.1 Å². The van der Waals surface area contributed by atoms with Crippen LogP contribution in [0.15, 0.2) is 59.2 Å². The van der Waals surface area contributed by atoms with Gasteiger partial charge in [-0.1, -0.05) is 41.1 Å². The maximum atomic E-state index is 12.6. The van der Waals surface area contributed by atoms with Crippen LogP contribution in [0.25, 0.3) is 6.08 Å². The van der Waals surface area contributed by atoms with E-state index in [1.165, 1.54) is 4.90 Å². The fourth-order valence-electron chi connectivity index (χ4n) is 3.40. The molecule has 1 aliphatic rings. The zero-order valence-corrected chi connectivity index (χ0v) is 19.9. The highest BCUT2D eigenvalue weighted by Crippen LogP contribution is 2.35. The maximum Gasteiger partial charge on any atom is 0.329 e. The number of nitrogens with one attached hydrogen (secondary N) is 1. The molecule has 0 spiro atoms. The van der Waals surface area contributed by atoms with E-state index in [2.05, 4.69) is 27.8 Å². The Morgan fingerprint density at radius 3 is 2.53 bits per heavy atom. The summed E-state index contributed by atoms with van der Waals surface area (Å²) in [7, 11) is 0. The summed E-state index contributed by atoms with van der Waals surface area (Å²) in [5, 5.41) is 2.66. The van der Waals surface area contributed by atoms with Crippen molar-refractivity contribution in [3.8, 4) is 11.5 Å². The average Bonchev–Trinajstić information content (AvgIpc) is 3.02. The van der Waals surface area contributed by atoms with Crippen LogP contribution in [0.5, 0.6) is 11.5 Å². The number of benzene rings is 2. The normalized spacial score (nSPS) is 14.6. The second kappa shape index (κ2) is 11.0. The molecular weight excluding hydrogens is 472 g/mol. The van der Waals surface area contributed by atoms with Crippen LogP contribution in [-0.4, -0.2) is 30.0 Å². The first-order valence-electron chi connectivity index (χ1n) is 10.6. The van der Waals surface area contributed by atoms with Crippen LogP contribution in [0.3, 0.4) is 0 Å². The highest BCUT2D eigenvalue weighted by Gasteiger charge is 2.32. The molecule has 32 heavy (non-hydrogen) atoms. The molecule has 1 saturated heterocycles. The van der Waals surface area contributed by atoms with Crippen LogP contribution in [0, 0.1) is 0 Å². The standard InChI is InChI=1S/C25H27BrN2O4/c1-4-7-19-13-18(14-21-24(29)28(12-5-2)25(30)27-21)15-22(31-6-3)23(19)32-16-17-8-10-20(26)11-9-17/h4,8-11,13-15H,1,5-7,12,16H2,2-3H3,(H,27,30)/b21-14+. The van der Waals surface area contributed by atoms with Gasteiger partial charge in [-0.15, -0.1) is 6.58 Å². The van der Waals surface area contributed by atoms with Gasteiger partial charge in [-0.2, -0.15) is 0 Å². The van der Waals surface area contributed by atoms with E-state index in [1.807, 2.05) is 50.2 Å². The zero-order valence-electron chi connectivity index (χ0n) is 18.3. The van der Waals surface area contributed by atoms with E-state index < -0.39 is 6.03 Å². The predicted octanol–water partition coefficient (Wildman–Crippen LogP) is 5.46. The lowest BCUT2D eigenvalue weighted by Gasteiger charge is -2.17. The van der Waals surface area contributed by atoms with E-state index >= 15 is 0 Å². The Bertz CT molecular complexity index is 1030. The summed E-state index contributed by atoms with van der Waals surface area (Å²) in [6, 6.07) is 11.3. The third-order valence-corrected chi connectivity index (χ3v) is 5.36. The van der Waals surface area contributed by atoms with Gasteiger partial charge in [0.05, 0.1) is 6.61 Å². The van der Waals surface area contributed by atoms with Gasteiger partial charge < -0.3 is 14.8 Å². The molecule has 7 heteroatoms. The number of allylic oxidation sites excluding steroid dienone is 1. The number of amides is 3. The molecule has 1 N–H and O–H groups in total. The largest absolute Gasteiger partial charge is 0.490 e. The van der Waals surface area contributed by atoms with Crippen LogP contribution in [0.2, 0.25) is 0 Å². The minimum absolute atomic E-state index is 0.249. The number of imide groups is 1. The predicted molar refractivity (Wildman–Crippen MR) is 128 cm³/mol. The van der Waals surface area contributed by atoms with Crippen molar-refractivity contribution in [2.75, 3.05) is 13.2 Å². The highest BCUT2D eigenvalue weighted by atomic mass is 79.9. The smallest absolute Gasteiger partial charge is 0.329 e. The van der Waals surface area contributed by atoms with E-state index in [0.29, 0.717) is 44.1 Å². The van der Waals surface area contributed by atoms with Gasteiger partial charge >= 0.3 is 6.03 Å². The Hall–Kier alpha value is -3.06. The first-order valence-corrected chi connectivity index (χ1v) is 11.4. The molecule has 1 heterocycles. The van der Waals surface area contributed by atoms with Gasteiger partial charge in [-0.3, -0.25) is 9.69 Å². The summed E-state index contributed by atoms with van der Waals surface area (Å²) < 4.78 is 13.0. The maximum absolute atomic E-state index is 12.6. The quantitative estimate of drug-likeness (QED) is 0.268. The van der Waals surface area contributed by atoms with Gasteiger partial charge in [-0.05, 0) is 61.2 Å². The summed E-state index contributed by atoms with van der Waals surface area (Å²) in [4.78, 5) is 25.9. The number of carbonyl (C=O) groups is 2. The molecule has 0 bridgehead atoms. The number of hydrogen-bond donors (Lipinski definition) is 1. The van der Waals surface area contributed by atoms with Crippen LogP contribution < -0.4 is 14.8 Å². The Balaban J connectivity index is 1.93. The molecule has 168 valence electrons. The Morgan fingerprint density at radius 2 is 1.88 bits per heavy atom. The minimum atomic E-state index is -0.395. The van der Waals surface area contributed by atoms with Crippen LogP contribution >= 0.6 is 15.9 Å². The van der Waals surface area contributed by atoms with Gasteiger partial charge in [0.1, 0.15) is 12.3 Å². The lowest BCUT2D eigenvalue weighted by atomic mass is 10.0. The molecule has 0 aromatic heterocycles. The topological polar surface area (TPSA) is 67.9 Å². The third-order valence-electron chi connectivity index (χ3n) is 4.84. The Kier molecular flexibility index (Phi) is 8.11. The average molecular weight is 499 g/mol. The molecule has 0 saturated carbocycles. The number of hydrogen-bond acceptors (Lipinski definition) is 4. The monoisotopic (exact) mass is 498 g/mol. The molecule has 3 rings (SSSR count). The van der Waals surface area contributed by atoms with Crippen molar-refractivity contribution in [3.05, 3.63) is 75.9 Å². The summed E-state index contributed by atoms with van der Waals surface area (Å²) in [6.45, 7) is 8.91. The van der Waals surface area contributed by atoms with E-state index in [-0.39, 0.29) is 11.6 Å². The van der Waals surface area contributed by atoms with Crippen LogP contribution in [-0.2, 0) is 17.8 Å². The molecule has 0 radical (unpaired) electrons. The number of nitrogens with zero attached hydrogens (tertiary/aromatic N) is 1. The highest BCUT2D eigenvalue weighted by molar-refractivity contribution is 9.10. The molecule has 1 fully saturated rings. The van der Waals surface area contributed by atoms with Gasteiger partial charge in [0.15, 0.2) is 11.5 Å². The summed E-state index contributed by atoms with van der Waals surface area (Å²) in [5.41, 5.74) is 2.90. The van der Waals surface area contributed by atoms with Crippen molar-refractivity contribution in [3.63, 3.8) is 0 Å². The molecule has 3 amide bonds. The van der Waals surface area contributed by atoms with Crippen LogP contribution in [0.4, 0.5) is 4.79 Å². The van der Waals surface area contributed by atoms with Gasteiger partial charge in [0.2, 0.25) is 0 Å². The van der Waals surface area contributed by atoms with Crippen LogP contribution in [0.1, 0.15) is 37.0 Å². The molecule has 1 aliphatic heterocycles. The fourth-order valence-corrected chi connectivity index (χ4v) is 3.67. The Morgan fingerprint density at radius 1 is 1.12 bits per heavy atom. The minimum Gasteiger partial charge on any atom is -0.490 e. The summed E-state index contributed by atoms with van der Waals surface area (Å²) in [5.74, 6) is 0.903. The van der Waals surface area contributed by atoms with Crippen molar-refractivity contribution in [1.82, 2.24) is 10.2 Å². The molecule has 0 unspecified atom stereocenters. The Labute approximate surface area is 197 Å². The SMILES string of the molecule is C=CCc1cc(/C=C2/NC(=O)N(CCC)C2=O)cc(OCC)c1OCc1ccc(Br)cc1. The van der Waals surface area contributed by atoms with E-state index in [9.17, 15) is 9.59 Å². The number of carbonyl (C=O) groups excluding carboxylic acids is 2. The van der Waals surface area contributed by atoms with E-state index in [1.54, 1.807) is 12.2 Å². The fraction of sp³-hybridized carbons (Fsp3) is 0.280. The molecule has 6 nitrogen and oxygen atoms in total. The van der Waals surface area contributed by atoms with Crippen molar-refractivity contribution in [1.29, 1.82) is 0 Å². The van der Waals surface area contributed by atoms with Gasteiger partial charge in [-0.25, -0.2) is 4.79 Å². The number of urea groups is 1. The lowest BCUT2D eigenvalue weighted by molar-refractivity contribution is -0.122. The summed E-state index contributed by atoms with van der Waals surface area (Å²) >= 11 is 3.44. The van der Waals surface area contributed by atoms with E-state index in [4.69, 9.17) is 9.47 Å². The summed E-state index contributed by atoms with van der Waals surface area (Å²) in [6.07, 6.45) is 4.73. The number of halogens is 1. The first kappa shape index (κ1) is 23.6. The molecule has 2 aromatic rings. The van der Waals surface area contributed by atoms with Crippen molar-refractivity contribution >= 4 is 33.9 Å². The van der Waals surface area contributed by atoms with Gasteiger partial charge in [0.25, 0.3) is 5.91 Å².